The van der Waals surface area contributed by atoms with Crippen molar-refractivity contribution in [2.24, 2.45) is 0 Å². The number of aliphatic carboxylic acids is 3. The minimum atomic E-state index is -1.44. The fourth-order valence-corrected chi connectivity index (χ4v) is 0.836. The van der Waals surface area contributed by atoms with Gasteiger partial charge in [0.25, 0.3) is 0 Å². The summed E-state index contributed by atoms with van der Waals surface area (Å²) in [6, 6.07) is -1.44. The number of ether oxygens (including phenoxy) is 1. The van der Waals surface area contributed by atoms with E-state index in [4.69, 9.17) is 15.3 Å². The fraction of sp³-hybridized carbons (Fsp3) is 0.667. The number of hydrogen-bond acceptors (Lipinski definition) is 5. The molecule has 0 radical (unpaired) electrons. The van der Waals surface area contributed by atoms with E-state index in [1.807, 2.05) is 5.32 Å². The van der Waals surface area contributed by atoms with Gasteiger partial charge in [0, 0.05) is 6.42 Å². The second-order valence-electron chi connectivity index (χ2n) is 3.94. The Morgan fingerprint density at radius 2 is 1.52 bits per heavy atom. The predicted molar refractivity (Wildman–Crippen MR) is 71.0 cm³/mol. The molecule has 0 aromatic carbocycles. The van der Waals surface area contributed by atoms with E-state index in [1.54, 1.807) is 0 Å². The zero-order valence-corrected chi connectivity index (χ0v) is 12.0. The molecule has 0 aliphatic rings. The third kappa shape index (κ3) is 15.6. The zero-order chi connectivity index (χ0) is 16.8. The second kappa shape index (κ2) is 12.7. The SMILES string of the molecule is CCCC.O=C(O)CCC(NC(=O)OCC(=O)O)C(=O)O. The highest BCUT2D eigenvalue weighted by atomic mass is 16.6. The van der Waals surface area contributed by atoms with Gasteiger partial charge in [-0.05, 0) is 6.42 Å². The van der Waals surface area contributed by atoms with Gasteiger partial charge in [-0.1, -0.05) is 26.7 Å². The van der Waals surface area contributed by atoms with E-state index in [2.05, 4.69) is 18.6 Å². The van der Waals surface area contributed by atoms with E-state index in [1.165, 1.54) is 12.8 Å². The third-order valence-electron chi connectivity index (χ3n) is 2.06. The predicted octanol–water partition coefficient (Wildman–Crippen LogP) is 0.922. The Morgan fingerprint density at radius 3 is 1.86 bits per heavy atom. The van der Waals surface area contributed by atoms with Crippen LogP contribution in [-0.4, -0.2) is 52.0 Å². The van der Waals surface area contributed by atoms with Crippen molar-refractivity contribution in [1.82, 2.24) is 5.32 Å². The van der Waals surface area contributed by atoms with Crippen LogP contribution in [0.5, 0.6) is 0 Å². The third-order valence-corrected chi connectivity index (χ3v) is 2.06. The van der Waals surface area contributed by atoms with Crippen molar-refractivity contribution in [1.29, 1.82) is 0 Å². The summed E-state index contributed by atoms with van der Waals surface area (Å²) in [7, 11) is 0. The lowest BCUT2D eigenvalue weighted by atomic mass is 10.1. The molecule has 0 spiro atoms. The van der Waals surface area contributed by atoms with E-state index in [0.29, 0.717) is 0 Å². The molecule has 0 aliphatic carbocycles. The van der Waals surface area contributed by atoms with Crippen LogP contribution in [-0.2, 0) is 19.1 Å². The van der Waals surface area contributed by atoms with Crippen LogP contribution < -0.4 is 5.32 Å². The number of alkyl carbamates (subject to hydrolysis) is 1. The molecule has 21 heavy (non-hydrogen) atoms. The summed E-state index contributed by atoms with van der Waals surface area (Å²) >= 11 is 0. The van der Waals surface area contributed by atoms with Gasteiger partial charge in [0.05, 0.1) is 0 Å². The Bertz CT molecular complexity index is 353. The van der Waals surface area contributed by atoms with Gasteiger partial charge in [0.2, 0.25) is 0 Å². The molecule has 0 fully saturated rings. The summed E-state index contributed by atoms with van der Waals surface area (Å²) in [5, 5.41) is 27.0. The Hall–Kier alpha value is -2.32. The number of nitrogens with one attached hydrogen (secondary N) is 1. The second-order valence-corrected chi connectivity index (χ2v) is 3.94. The average molecular weight is 307 g/mol. The van der Waals surface area contributed by atoms with Crippen molar-refractivity contribution in [2.45, 2.75) is 45.6 Å². The molecule has 1 amide bonds. The first kappa shape index (κ1) is 21.0. The van der Waals surface area contributed by atoms with E-state index in [-0.39, 0.29) is 6.42 Å². The first-order chi connectivity index (χ1) is 9.74. The highest BCUT2D eigenvalue weighted by molar-refractivity contribution is 5.81. The Kier molecular flexibility index (Phi) is 12.7. The van der Waals surface area contributed by atoms with Crippen LogP contribution >= 0.6 is 0 Å². The van der Waals surface area contributed by atoms with Crippen molar-refractivity contribution < 1.29 is 39.2 Å². The minimum absolute atomic E-state index is 0.327. The van der Waals surface area contributed by atoms with Crippen LogP contribution in [0, 0.1) is 0 Å². The first-order valence-electron chi connectivity index (χ1n) is 6.34. The summed E-state index contributed by atoms with van der Waals surface area (Å²) in [6.07, 6.45) is 0.633. The fourth-order valence-electron chi connectivity index (χ4n) is 0.836. The molecule has 1 atom stereocenters. The number of amides is 1. The van der Waals surface area contributed by atoms with Gasteiger partial charge in [0.1, 0.15) is 6.04 Å². The lowest BCUT2D eigenvalue weighted by Crippen LogP contribution is -2.41. The van der Waals surface area contributed by atoms with Crippen molar-refractivity contribution in [2.75, 3.05) is 6.61 Å². The lowest BCUT2D eigenvalue weighted by molar-refractivity contribution is -0.140. The number of hydrogen-bond donors (Lipinski definition) is 4. The quantitative estimate of drug-likeness (QED) is 0.517. The molecule has 0 saturated carbocycles. The molecule has 122 valence electrons. The summed E-state index contributed by atoms with van der Waals surface area (Å²) < 4.78 is 4.13. The number of carbonyl (C=O) groups excluding carboxylic acids is 1. The summed E-state index contributed by atoms with van der Waals surface area (Å²) in [6.45, 7) is 3.46. The number of unbranched alkanes of at least 4 members (excludes halogenated alkanes) is 1. The summed E-state index contributed by atoms with van der Waals surface area (Å²) in [5.74, 6) is -4.03. The maximum atomic E-state index is 10.9. The summed E-state index contributed by atoms with van der Waals surface area (Å²) in [5.41, 5.74) is 0. The van der Waals surface area contributed by atoms with Crippen molar-refractivity contribution >= 4 is 24.0 Å². The van der Waals surface area contributed by atoms with Crippen LogP contribution in [0.25, 0.3) is 0 Å². The van der Waals surface area contributed by atoms with Gasteiger partial charge < -0.3 is 25.4 Å². The largest absolute Gasteiger partial charge is 0.481 e. The smallest absolute Gasteiger partial charge is 0.408 e. The van der Waals surface area contributed by atoms with Crippen LogP contribution in [0.15, 0.2) is 0 Å². The molecule has 0 aromatic heterocycles. The standard InChI is InChI=1S/C8H11NO8.C4H10/c10-5(11)2-1-4(7(14)15)9-8(16)17-3-6(12)13;1-3-4-2/h4H,1-3H2,(H,9,16)(H,10,11)(H,12,13)(H,14,15);3-4H2,1-2H3. The van der Waals surface area contributed by atoms with Crippen LogP contribution in [0.1, 0.15) is 39.5 Å². The number of carboxylic acid groups (broad SMARTS) is 3. The Labute approximate surface area is 121 Å². The zero-order valence-electron chi connectivity index (χ0n) is 12.0. The van der Waals surface area contributed by atoms with E-state index >= 15 is 0 Å². The van der Waals surface area contributed by atoms with E-state index in [9.17, 15) is 19.2 Å². The molecular weight excluding hydrogens is 286 g/mol. The average Bonchev–Trinajstić information content (AvgIpc) is 2.40. The van der Waals surface area contributed by atoms with Crippen molar-refractivity contribution in [3.05, 3.63) is 0 Å². The van der Waals surface area contributed by atoms with Gasteiger partial charge in [-0.15, -0.1) is 0 Å². The minimum Gasteiger partial charge on any atom is -0.481 e. The normalized spacial score (nSPS) is 10.6. The molecule has 4 N–H and O–H groups in total. The molecule has 1 unspecified atom stereocenters. The Morgan fingerprint density at radius 1 is 1.00 bits per heavy atom. The molecule has 9 heteroatoms. The summed E-state index contributed by atoms with van der Waals surface area (Å²) in [4.78, 5) is 41.8. The van der Waals surface area contributed by atoms with Gasteiger partial charge in [-0.2, -0.15) is 0 Å². The van der Waals surface area contributed by atoms with Gasteiger partial charge in [-0.3, -0.25) is 4.79 Å². The molecule has 0 aromatic rings. The Balaban J connectivity index is 0. The monoisotopic (exact) mass is 307 g/mol. The highest BCUT2D eigenvalue weighted by Gasteiger charge is 2.21. The van der Waals surface area contributed by atoms with Crippen LogP contribution in [0.4, 0.5) is 4.79 Å². The van der Waals surface area contributed by atoms with Crippen molar-refractivity contribution in [3.8, 4) is 0 Å². The molecule has 0 aliphatic heterocycles. The van der Waals surface area contributed by atoms with E-state index in [0.717, 1.165) is 0 Å². The van der Waals surface area contributed by atoms with Crippen LogP contribution in [0.3, 0.4) is 0 Å². The van der Waals surface area contributed by atoms with Gasteiger partial charge in [0.15, 0.2) is 6.61 Å². The van der Waals surface area contributed by atoms with Crippen LogP contribution in [0.2, 0.25) is 0 Å². The molecule has 0 saturated heterocycles. The molecule has 0 bridgehead atoms. The molecular formula is C12H21NO8. The lowest BCUT2D eigenvalue weighted by Gasteiger charge is -2.12. The van der Waals surface area contributed by atoms with Gasteiger partial charge in [-0.25, -0.2) is 14.4 Å². The van der Waals surface area contributed by atoms with E-state index < -0.39 is 43.1 Å². The van der Waals surface area contributed by atoms with Crippen molar-refractivity contribution in [3.63, 3.8) is 0 Å². The molecule has 0 rings (SSSR count). The number of carbonyl (C=O) groups is 4. The van der Waals surface area contributed by atoms with Gasteiger partial charge >= 0.3 is 24.0 Å². The highest BCUT2D eigenvalue weighted by Crippen LogP contribution is 1.98. The number of rotatable bonds is 8. The maximum Gasteiger partial charge on any atom is 0.408 e. The number of carboxylic acids is 3. The maximum absolute atomic E-state index is 10.9. The molecule has 0 heterocycles. The first-order valence-corrected chi connectivity index (χ1v) is 6.34. The topological polar surface area (TPSA) is 150 Å². The molecule has 9 nitrogen and oxygen atoms in total.